The molecule has 0 saturated carbocycles. The van der Waals surface area contributed by atoms with Gasteiger partial charge in [0.25, 0.3) is 0 Å². The minimum Gasteiger partial charge on any atom is -0.391 e. The number of rotatable bonds is 3. The smallest absolute Gasteiger partial charge is 0.173 e. The van der Waals surface area contributed by atoms with E-state index in [4.69, 9.17) is 16.1 Å². The van der Waals surface area contributed by atoms with Crippen LogP contribution < -0.4 is 0 Å². The van der Waals surface area contributed by atoms with Crippen LogP contribution in [0.3, 0.4) is 0 Å². The summed E-state index contributed by atoms with van der Waals surface area (Å²) in [4.78, 5) is 0. The van der Waals surface area contributed by atoms with Crippen molar-refractivity contribution in [1.29, 1.82) is 0 Å². The fourth-order valence-corrected chi connectivity index (χ4v) is 2.36. The first-order chi connectivity index (χ1) is 9.81. The summed E-state index contributed by atoms with van der Waals surface area (Å²) in [7, 11) is 0. The zero-order valence-corrected chi connectivity index (χ0v) is 11.3. The number of aliphatic hydroxyl groups is 1. The number of benzene rings is 2. The number of hydrogen-bond donors (Lipinski definition) is 1. The first-order valence-electron chi connectivity index (χ1n) is 6.21. The molecule has 20 heavy (non-hydrogen) atoms. The highest BCUT2D eigenvalue weighted by Gasteiger charge is 2.19. The van der Waals surface area contributed by atoms with Gasteiger partial charge in [0.2, 0.25) is 0 Å². The third-order valence-corrected chi connectivity index (χ3v) is 3.44. The van der Waals surface area contributed by atoms with Crippen molar-refractivity contribution in [2.45, 2.75) is 6.61 Å². The number of hydrogen-bond acceptors (Lipinski definition) is 3. The average Bonchev–Trinajstić information content (AvgIpc) is 2.92. The van der Waals surface area contributed by atoms with Crippen LogP contribution >= 0.6 is 11.6 Å². The van der Waals surface area contributed by atoms with Gasteiger partial charge in [0.05, 0.1) is 17.2 Å². The van der Waals surface area contributed by atoms with Crippen LogP contribution in [0, 0.1) is 0 Å². The highest BCUT2D eigenvalue weighted by Crippen LogP contribution is 2.35. The van der Waals surface area contributed by atoms with E-state index in [1.165, 1.54) is 0 Å². The normalized spacial score (nSPS) is 10.7. The molecule has 0 aliphatic rings. The largest absolute Gasteiger partial charge is 0.391 e. The molecule has 3 rings (SSSR count). The van der Waals surface area contributed by atoms with Crippen molar-refractivity contribution in [2.75, 3.05) is 0 Å². The zero-order chi connectivity index (χ0) is 13.9. The molecule has 0 aliphatic heterocycles. The van der Waals surface area contributed by atoms with Gasteiger partial charge in [-0.1, -0.05) is 65.3 Å². The van der Waals surface area contributed by atoms with E-state index in [0.29, 0.717) is 22.0 Å². The van der Waals surface area contributed by atoms with Crippen LogP contribution in [0.15, 0.2) is 59.1 Å². The van der Waals surface area contributed by atoms with Gasteiger partial charge in [-0.2, -0.15) is 0 Å². The van der Waals surface area contributed by atoms with Gasteiger partial charge in [-0.05, 0) is 6.07 Å². The molecular formula is C16H12ClNO2. The fourth-order valence-electron chi connectivity index (χ4n) is 2.14. The molecule has 1 aromatic heterocycles. The summed E-state index contributed by atoms with van der Waals surface area (Å²) in [6.07, 6.45) is 0. The second kappa shape index (κ2) is 5.49. The molecule has 0 spiro atoms. The quantitative estimate of drug-likeness (QED) is 0.786. The summed E-state index contributed by atoms with van der Waals surface area (Å²) in [6, 6.07) is 16.9. The molecule has 3 nitrogen and oxygen atoms in total. The lowest BCUT2D eigenvalue weighted by atomic mass is 10.0. The van der Waals surface area contributed by atoms with Crippen LogP contribution in [0.2, 0.25) is 5.02 Å². The van der Waals surface area contributed by atoms with Crippen LogP contribution in [-0.4, -0.2) is 10.3 Å². The second-order valence-corrected chi connectivity index (χ2v) is 4.75. The van der Waals surface area contributed by atoms with Gasteiger partial charge in [0.1, 0.15) is 5.69 Å². The van der Waals surface area contributed by atoms with Gasteiger partial charge in [-0.15, -0.1) is 0 Å². The molecule has 2 aromatic carbocycles. The molecule has 100 valence electrons. The summed E-state index contributed by atoms with van der Waals surface area (Å²) in [5.41, 5.74) is 2.85. The predicted molar refractivity (Wildman–Crippen MR) is 78.3 cm³/mol. The number of nitrogens with zero attached hydrogens (tertiary/aromatic N) is 1. The van der Waals surface area contributed by atoms with E-state index in [1.807, 2.05) is 48.5 Å². The van der Waals surface area contributed by atoms with Gasteiger partial charge in [-0.3, -0.25) is 0 Å². The topological polar surface area (TPSA) is 46.3 Å². The molecule has 0 bridgehead atoms. The summed E-state index contributed by atoms with van der Waals surface area (Å²) < 4.78 is 5.41. The Labute approximate surface area is 121 Å². The first-order valence-corrected chi connectivity index (χ1v) is 6.59. The number of aromatic nitrogens is 1. The summed E-state index contributed by atoms with van der Waals surface area (Å²) in [5, 5.41) is 14.3. The highest BCUT2D eigenvalue weighted by molar-refractivity contribution is 6.33. The van der Waals surface area contributed by atoms with E-state index >= 15 is 0 Å². The van der Waals surface area contributed by atoms with Crippen LogP contribution in [-0.2, 0) is 6.61 Å². The van der Waals surface area contributed by atoms with Gasteiger partial charge in [0, 0.05) is 11.1 Å². The molecule has 0 amide bonds. The van der Waals surface area contributed by atoms with Gasteiger partial charge >= 0.3 is 0 Å². The van der Waals surface area contributed by atoms with E-state index in [9.17, 15) is 5.11 Å². The number of aliphatic hydroxyl groups excluding tert-OH is 1. The van der Waals surface area contributed by atoms with Crippen LogP contribution in [0.25, 0.3) is 22.6 Å². The maximum atomic E-state index is 9.66. The molecule has 1 heterocycles. The Morgan fingerprint density at radius 2 is 1.70 bits per heavy atom. The van der Waals surface area contributed by atoms with Crippen LogP contribution in [0.1, 0.15) is 5.56 Å². The van der Waals surface area contributed by atoms with Crippen molar-refractivity contribution in [3.8, 4) is 22.6 Å². The zero-order valence-electron chi connectivity index (χ0n) is 10.6. The lowest BCUT2D eigenvalue weighted by Gasteiger charge is -2.03. The van der Waals surface area contributed by atoms with Crippen LogP contribution in [0.4, 0.5) is 0 Å². The van der Waals surface area contributed by atoms with E-state index in [2.05, 4.69) is 5.16 Å². The summed E-state index contributed by atoms with van der Waals surface area (Å²) in [5.74, 6) is 0.572. The maximum absolute atomic E-state index is 9.66. The lowest BCUT2D eigenvalue weighted by molar-refractivity contribution is 0.281. The highest BCUT2D eigenvalue weighted by atomic mass is 35.5. The second-order valence-electron chi connectivity index (χ2n) is 4.34. The van der Waals surface area contributed by atoms with Crippen molar-refractivity contribution in [2.24, 2.45) is 0 Å². The molecule has 0 fully saturated rings. The Balaban J connectivity index is 2.16. The first kappa shape index (κ1) is 12.9. The molecule has 0 radical (unpaired) electrons. The van der Waals surface area contributed by atoms with Gasteiger partial charge in [0.15, 0.2) is 5.76 Å². The Bertz CT molecular complexity index is 722. The Morgan fingerprint density at radius 3 is 2.40 bits per heavy atom. The summed E-state index contributed by atoms with van der Waals surface area (Å²) in [6.45, 7) is -0.158. The molecule has 0 aliphatic carbocycles. The average molecular weight is 286 g/mol. The standard InChI is InChI=1S/C16H12ClNO2/c17-14-9-5-4-8-12(14)15-13(10-19)16(20-18-15)11-6-2-1-3-7-11/h1-9,19H,10H2. The molecular weight excluding hydrogens is 274 g/mol. The molecule has 0 atom stereocenters. The SMILES string of the molecule is OCc1c(-c2ccccc2Cl)noc1-c1ccccc1. The number of halogens is 1. The summed E-state index contributed by atoms with van der Waals surface area (Å²) >= 11 is 6.18. The maximum Gasteiger partial charge on any atom is 0.173 e. The Kier molecular flexibility index (Phi) is 3.54. The van der Waals surface area contributed by atoms with Crippen molar-refractivity contribution >= 4 is 11.6 Å². The predicted octanol–water partition coefficient (Wildman–Crippen LogP) is 4.15. The van der Waals surface area contributed by atoms with Crippen molar-refractivity contribution in [3.05, 3.63) is 65.2 Å². The Morgan fingerprint density at radius 1 is 1.00 bits per heavy atom. The van der Waals surface area contributed by atoms with Crippen molar-refractivity contribution in [3.63, 3.8) is 0 Å². The molecule has 4 heteroatoms. The van der Waals surface area contributed by atoms with Crippen molar-refractivity contribution in [1.82, 2.24) is 5.16 Å². The minimum atomic E-state index is -0.158. The van der Waals surface area contributed by atoms with E-state index in [0.717, 1.165) is 11.1 Å². The van der Waals surface area contributed by atoms with Crippen LogP contribution in [0.5, 0.6) is 0 Å². The molecule has 3 aromatic rings. The van der Waals surface area contributed by atoms with E-state index < -0.39 is 0 Å². The lowest BCUT2D eigenvalue weighted by Crippen LogP contribution is -1.89. The third kappa shape index (κ3) is 2.22. The van der Waals surface area contributed by atoms with E-state index in [1.54, 1.807) is 6.07 Å². The van der Waals surface area contributed by atoms with Gasteiger partial charge < -0.3 is 9.63 Å². The third-order valence-electron chi connectivity index (χ3n) is 3.11. The minimum absolute atomic E-state index is 0.158. The molecule has 0 unspecified atom stereocenters. The Hall–Kier alpha value is -2.10. The fraction of sp³-hybridized carbons (Fsp3) is 0.0625. The molecule has 1 N–H and O–H groups in total. The monoisotopic (exact) mass is 285 g/mol. The van der Waals surface area contributed by atoms with E-state index in [-0.39, 0.29) is 6.61 Å². The van der Waals surface area contributed by atoms with Crippen molar-refractivity contribution < 1.29 is 9.63 Å². The van der Waals surface area contributed by atoms with Gasteiger partial charge in [-0.25, -0.2) is 0 Å². The molecule has 0 saturated heterocycles.